The number of phenolic OH excluding ortho intramolecular Hbond substituents is 4. The van der Waals surface area contributed by atoms with Gasteiger partial charge in [-0.2, -0.15) is 0 Å². The number of hydrogen-bond donors (Lipinski definition) is 4. The van der Waals surface area contributed by atoms with Crippen LogP contribution in [-0.2, 0) is 4.79 Å². The van der Waals surface area contributed by atoms with Crippen molar-refractivity contribution < 1.29 is 25.2 Å². The van der Waals surface area contributed by atoms with Gasteiger partial charge in [-0.05, 0) is 30.7 Å². The van der Waals surface area contributed by atoms with Gasteiger partial charge in [0.1, 0.15) is 5.78 Å². The van der Waals surface area contributed by atoms with Gasteiger partial charge < -0.3 is 20.4 Å². The number of ketones is 1. The number of benzene rings is 2. The topological polar surface area (TPSA) is 98.0 Å². The second-order valence-electron chi connectivity index (χ2n) is 4.51. The van der Waals surface area contributed by atoms with E-state index < -0.39 is 5.92 Å². The van der Waals surface area contributed by atoms with Crippen molar-refractivity contribution in [2.45, 2.75) is 12.8 Å². The molecule has 104 valence electrons. The lowest BCUT2D eigenvalue weighted by Gasteiger charge is -2.17. The molecule has 2 rings (SSSR count). The first-order valence-corrected chi connectivity index (χ1v) is 5.95. The Bertz CT molecular complexity index is 663. The number of hydrogen-bond acceptors (Lipinski definition) is 5. The van der Waals surface area contributed by atoms with Gasteiger partial charge in [-0.3, -0.25) is 4.79 Å². The molecule has 0 fully saturated rings. The molecule has 0 bridgehead atoms. The second kappa shape index (κ2) is 5.13. The fourth-order valence-corrected chi connectivity index (χ4v) is 2.13. The van der Waals surface area contributed by atoms with Gasteiger partial charge in [0.25, 0.3) is 0 Å². The lowest BCUT2D eigenvalue weighted by molar-refractivity contribution is -0.117. The van der Waals surface area contributed by atoms with Gasteiger partial charge in [0.2, 0.25) is 0 Å². The second-order valence-corrected chi connectivity index (χ2v) is 4.51. The number of phenols is 4. The molecule has 0 heterocycles. The summed E-state index contributed by atoms with van der Waals surface area (Å²) in [6.07, 6.45) is 0. The van der Waals surface area contributed by atoms with Crippen molar-refractivity contribution in [3.63, 3.8) is 0 Å². The summed E-state index contributed by atoms with van der Waals surface area (Å²) in [5.41, 5.74) is 0.649. The number of Topliss-reactive ketones (excluding diaryl/α,β-unsaturated/α-hetero) is 1. The van der Waals surface area contributed by atoms with E-state index in [0.29, 0.717) is 5.56 Å². The van der Waals surface area contributed by atoms with E-state index in [2.05, 4.69) is 0 Å². The van der Waals surface area contributed by atoms with Crippen molar-refractivity contribution in [3.8, 4) is 23.0 Å². The van der Waals surface area contributed by atoms with E-state index in [4.69, 9.17) is 0 Å². The maximum atomic E-state index is 11.9. The molecular formula is C15H14O5. The first-order valence-electron chi connectivity index (χ1n) is 5.95. The predicted molar refractivity (Wildman–Crippen MR) is 72.1 cm³/mol. The maximum Gasteiger partial charge on any atom is 0.161 e. The molecule has 1 atom stereocenters. The van der Waals surface area contributed by atoms with Crippen LogP contribution < -0.4 is 0 Å². The molecule has 0 aliphatic rings. The molecule has 0 saturated heterocycles. The van der Waals surface area contributed by atoms with E-state index in [1.54, 1.807) is 0 Å². The van der Waals surface area contributed by atoms with Crippen LogP contribution in [0.5, 0.6) is 23.0 Å². The van der Waals surface area contributed by atoms with E-state index in [-0.39, 0.29) is 34.3 Å². The Hall–Kier alpha value is -2.69. The standard InChI is InChI=1S/C15H14O5/c1-8(16)14(9-5-6-11(17)13(19)7-9)10-3-2-4-12(18)15(10)20/h2-7,14,17-20H,1H3. The molecule has 4 N–H and O–H groups in total. The third kappa shape index (κ3) is 2.38. The van der Waals surface area contributed by atoms with E-state index in [1.807, 2.05) is 0 Å². The van der Waals surface area contributed by atoms with Crippen molar-refractivity contribution in [1.82, 2.24) is 0 Å². The summed E-state index contributed by atoms with van der Waals surface area (Å²) in [5, 5.41) is 38.3. The van der Waals surface area contributed by atoms with Gasteiger partial charge in [0.15, 0.2) is 23.0 Å². The zero-order valence-electron chi connectivity index (χ0n) is 10.7. The molecule has 5 heteroatoms. The fourth-order valence-electron chi connectivity index (χ4n) is 2.13. The van der Waals surface area contributed by atoms with Crippen LogP contribution in [0.4, 0.5) is 0 Å². The van der Waals surface area contributed by atoms with Crippen LogP contribution in [-0.4, -0.2) is 26.2 Å². The minimum absolute atomic E-state index is 0.239. The molecule has 0 spiro atoms. The Balaban J connectivity index is 2.59. The van der Waals surface area contributed by atoms with E-state index in [0.717, 1.165) is 0 Å². The van der Waals surface area contributed by atoms with Gasteiger partial charge in [0.05, 0.1) is 5.92 Å². The lowest BCUT2D eigenvalue weighted by atomic mass is 9.87. The summed E-state index contributed by atoms with van der Waals surface area (Å²) >= 11 is 0. The molecule has 0 aliphatic carbocycles. The zero-order valence-corrected chi connectivity index (χ0v) is 10.7. The van der Waals surface area contributed by atoms with Crippen molar-refractivity contribution in [3.05, 3.63) is 47.5 Å². The minimum Gasteiger partial charge on any atom is -0.504 e. The van der Waals surface area contributed by atoms with Gasteiger partial charge in [-0.1, -0.05) is 18.2 Å². The molecule has 0 radical (unpaired) electrons. The third-order valence-corrected chi connectivity index (χ3v) is 3.10. The van der Waals surface area contributed by atoms with Gasteiger partial charge in [-0.25, -0.2) is 0 Å². The predicted octanol–water partition coefficient (Wildman–Crippen LogP) is 2.23. The summed E-state index contributed by atoms with van der Waals surface area (Å²) in [7, 11) is 0. The Labute approximate surface area is 115 Å². The van der Waals surface area contributed by atoms with Gasteiger partial charge in [0, 0.05) is 5.56 Å². The highest BCUT2D eigenvalue weighted by atomic mass is 16.3. The molecule has 20 heavy (non-hydrogen) atoms. The van der Waals surface area contributed by atoms with Crippen LogP contribution in [0.15, 0.2) is 36.4 Å². The monoisotopic (exact) mass is 274 g/mol. The molecule has 2 aromatic rings. The Morgan fingerprint density at radius 1 is 0.950 bits per heavy atom. The van der Waals surface area contributed by atoms with Gasteiger partial charge in [-0.15, -0.1) is 0 Å². The average Bonchev–Trinajstić information content (AvgIpc) is 2.38. The SMILES string of the molecule is CC(=O)C(c1ccc(O)c(O)c1)c1cccc(O)c1O. The average molecular weight is 274 g/mol. The largest absolute Gasteiger partial charge is 0.504 e. The van der Waals surface area contributed by atoms with E-state index in [9.17, 15) is 25.2 Å². The quantitative estimate of drug-likeness (QED) is 0.643. The number of carbonyl (C=O) groups excluding carboxylic acids is 1. The number of aromatic hydroxyl groups is 4. The first-order chi connectivity index (χ1) is 9.41. The first kappa shape index (κ1) is 13.7. The summed E-state index contributed by atoms with van der Waals surface area (Å²) < 4.78 is 0. The number of carbonyl (C=O) groups is 1. The molecule has 0 saturated carbocycles. The molecule has 1 unspecified atom stereocenters. The van der Waals surface area contributed by atoms with Gasteiger partial charge >= 0.3 is 0 Å². The smallest absolute Gasteiger partial charge is 0.161 e. The molecule has 2 aromatic carbocycles. The lowest BCUT2D eigenvalue weighted by Crippen LogP contribution is -2.10. The van der Waals surface area contributed by atoms with Crippen LogP contribution in [0, 0.1) is 0 Å². The molecule has 5 nitrogen and oxygen atoms in total. The van der Waals surface area contributed by atoms with Crippen LogP contribution in [0.2, 0.25) is 0 Å². The Kier molecular flexibility index (Phi) is 3.52. The molecule has 0 aromatic heterocycles. The molecular weight excluding hydrogens is 260 g/mol. The Morgan fingerprint density at radius 3 is 2.25 bits per heavy atom. The van der Waals surface area contributed by atoms with Crippen LogP contribution in [0.3, 0.4) is 0 Å². The fraction of sp³-hybridized carbons (Fsp3) is 0.133. The molecule has 0 amide bonds. The van der Waals surface area contributed by atoms with E-state index >= 15 is 0 Å². The number of para-hydroxylation sites is 1. The van der Waals surface area contributed by atoms with Crippen LogP contribution in [0.25, 0.3) is 0 Å². The molecule has 0 aliphatic heterocycles. The highest BCUT2D eigenvalue weighted by Crippen LogP contribution is 2.39. The third-order valence-electron chi connectivity index (χ3n) is 3.10. The Morgan fingerprint density at radius 2 is 1.65 bits per heavy atom. The minimum atomic E-state index is -0.839. The number of rotatable bonds is 3. The van der Waals surface area contributed by atoms with Crippen molar-refractivity contribution in [2.75, 3.05) is 0 Å². The maximum absolute atomic E-state index is 11.9. The summed E-state index contributed by atoms with van der Waals surface area (Å²) in [6.45, 7) is 1.35. The summed E-state index contributed by atoms with van der Waals surface area (Å²) in [5.74, 6) is -2.45. The summed E-state index contributed by atoms with van der Waals surface area (Å²) in [6, 6.07) is 8.34. The van der Waals surface area contributed by atoms with E-state index in [1.165, 1.54) is 43.3 Å². The van der Waals surface area contributed by atoms with Crippen molar-refractivity contribution >= 4 is 5.78 Å². The van der Waals surface area contributed by atoms with Crippen LogP contribution >= 0.6 is 0 Å². The van der Waals surface area contributed by atoms with Crippen molar-refractivity contribution in [1.29, 1.82) is 0 Å². The highest BCUT2D eigenvalue weighted by Gasteiger charge is 2.24. The normalized spacial score (nSPS) is 12.1. The van der Waals surface area contributed by atoms with Crippen molar-refractivity contribution in [2.24, 2.45) is 0 Å². The highest BCUT2D eigenvalue weighted by molar-refractivity contribution is 5.88. The summed E-state index contributed by atoms with van der Waals surface area (Å²) in [4.78, 5) is 11.9. The van der Waals surface area contributed by atoms with Crippen LogP contribution in [0.1, 0.15) is 24.0 Å². The zero-order chi connectivity index (χ0) is 14.9.